The van der Waals surface area contributed by atoms with E-state index in [0.29, 0.717) is 48.4 Å². The summed E-state index contributed by atoms with van der Waals surface area (Å²) in [6.45, 7) is 2.50. The number of pyridine rings is 1. The number of nitrogens with zero attached hydrogens (tertiary/aromatic N) is 3. The Hall–Kier alpha value is -2.44. The third-order valence-electron chi connectivity index (χ3n) is 5.05. The maximum atomic E-state index is 13.2. The Labute approximate surface area is 145 Å². The second-order valence-electron chi connectivity index (χ2n) is 6.92. The van der Waals surface area contributed by atoms with Crippen molar-refractivity contribution >= 4 is 23.0 Å². The standard InChI is InChI=1S/C18H21N3O4/c1-2-4-12-15-11(17(22)21-8-3-5-14(21)18(23)24)9-13(10-6-7-10)19-16(15)25-20-12/h9-10,14H,2-8H2,1H3,(H,23,24). The molecule has 2 aliphatic rings. The predicted octanol–water partition coefficient (Wildman–Crippen LogP) is 2.74. The van der Waals surface area contributed by atoms with Crippen molar-refractivity contribution in [3.8, 4) is 0 Å². The van der Waals surface area contributed by atoms with Crippen LogP contribution in [0.15, 0.2) is 10.6 Å². The summed E-state index contributed by atoms with van der Waals surface area (Å²) in [7, 11) is 0. The van der Waals surface area contributed by atoms with Gasteiger partial charge in [0.15, 0.2) is 0 Å². The number of fused-ring (bicyclic) bond motifs is 1. The van der Waals surface area contributed by atoms with Gasteiger partial charge in [0.1, 0.15) is 6.04 Å². The zero-order chi connectivity index (χ0) is 17.6. The lowest BCUT2D eigenvalue weighted by molar-refractivity contribution is -0.141. The number of hydrogen-bond donors (Lipinski definition) is 1. The topological polar surface area (TPSA) is 96.5 Å². The number of aliphatic carboxylic acids is 1. The number of carboxylic acid groups (broad SMARTS) is 1. The molecule has 2 fully saturated rings. The van der Waals surface area contributed by atoms with E-state index in [9.17, 15) is 14.7 Å². The van der Waals surface area contributed by atoms with E-state index in [2.05, 4.69) is 10.1 Å². The molecule has 1 aliphatic heterocycles. The number of likely N-dealkylation sites (tertiary alicyclic amines) is 1. The van der Waals surface area contributed by atoms with Crippen LogP contribution in [-0.4, -0.2) is 44.6 Å². The molecule has 2 aromatic rings. The van der Waals surface area contributed by atoms with Crippen LogP contribution in [0.5, 0.6) is 0 Å². The molecule has 2 aromatic heterocycles. The van der Waals surface area contributed by atoms with Gasteiger partial charge in [-0.3, -0.25) is 4.79 Å². The van der Waals surface area contributed by atoms with Gasteiger partial charge in [-0.15, -0.1) is 0 Å². The van der Waals surface area contributed by atoms with Crippen LogP contribution in [0.1, 0.15) is 66.7 Å². The summed E-state index contributed by atoms with van der Waals surface area (Å²) in [4.78, 5) is 30.7. The molecular weight excluding hydrogens is 322 g/mol. The van der Waals surface area contributed by atoms with E-state index in [-0.39, 0.29) is 5.91 Å². The highest BCUT2D eigenvalue weighted by Gasteiger charge is 2.37. The Kier molecular flexibility index (Phi) is 3.94. The molecule has 4 rings (SSSR count). The minimum absolute atomic E-state index is 0.250. The summed E-state index contributed by atoms with van der Waals surface area (Å²) in [5.74, 6) is -0.832. The first-order valence-electron chi connectivity index (χ1n) is 8.93. The number of carbonyl (C=O) groups is 2. The lowest BCUT2D eigenvalue weighted by Gasteiger charge is -2.22. The minimum atomic E-state index is -0.947. The van der Waals surface area contributed by atoms with Crippen molar-refractivity contribution < 1.29 is 19.2 Å². The monoisotopic (exact) mass is 343 g/mol. The van der Waals surface area contributed by atoms with Gasteiger partial charge in [-0.25, -0.2) is 9.78 Å². The molecule has 3 heterocycles. The first-order chi connectivity index (χ1) is 12.1. The molecule has 0 bridgehead atoms. The van der Waals surface area contributed by atoms with E-state index in [4.69, 9.17) is 4.52 Å². The molecule has 1 aliphatic carbocycles. The van der Waals surface area contributed by atoms with Crippen molar-refractivity contribution in [3.05, 3.63) is 23.0 Å². The molecule has 1 amide bonds. The molecule has 0 radical (unpaired) electrons. The molecule has 1 saturated heterocycles. The van der Waals surface area contributed by atoms with E-state index < -0.39 is 12.0 Å². The molecule has 1 unspecified atom stereocenters. The number of aryl methyl sites for hydroxylation is 1. The summed E-state index contributed by atoms with van der Waals surface area (Å²) in [5.41, 5.74) is 2.45. The van der Waals surface area contributed by atoms with Crippen LogP contribution in [0.2, 0.25) is 0 Å². The number of aromatic nitrogens is 2. The number of hydrogen-bond acceptors (Lipinski definition) is 5. The van der Waals surface area contributed by atoms with Gasteiger partial charge in [0.25, 0.3) is 11.6 Å². The first-order valence-corrected chi connectivity index (χ1v) is 8.93. The normalized spacial score (nSPS) is 20.4. The van der Waals surface area contributed by atoms with Crippen molar-refractivity contribution in [1.82, 2.24) is 15.0 Å². The molecule has 0 spiro atoms. The quantitative estimate of drug-likeness (QED) is 0.896. The van der Waals surface area contributed by atoms with Crippen molar-refractivity contribution in [2.24, 2.45) is 0 Å². The van der Waals surface area contributed by atoms with Gasteiger partial charge in [-0.2, -0.15) is 0 Å². The zero-order valence-corrected chi connectivity index (χ0v) is 14.2. The van der Waals surface area contributed by atoms with Gasteiger partial charge in [-0.1, -0.05) is 18.5 Å². The average molecular weight is 343 g/mol. The van der Waals surface area contributed by atoms with Crippen molar-refractivity contribution in [3.63, 3.8) is 0 Å². The van der Waals surface area contributed by atoms with Gasteiger partial charge in [0.2, 0.25) is 0 Å². The van der Waals surface area contributed by atoms with Crippen LogP contribution >= 0.6 is 0 Å². The van der Waals surface area contributed by atoms with Crippen LogP contribution in [0.3, 0.4) is 0 Å². The van der Waals surface area contributed by atoms with Crippen LogP contribution < -0.4 is 0 Å². The van der Waals surface area contributed by atoms with E-state index in [1.807, 2.05) is 13.0 Å². The van der Waals surface area contributed by atoms with Gasteiger partial charge < -0.3 is 14.5 Å². The maximum absolute atomic E-state index is 13.2. The van der Waals surface area contributed by atoms with E-state index in [1.165, 1.54) is 4.90 Å². The number of rotatable bonds is 5. The Morgan fingerprint density at radius 1 is 1.36 bits per heavy atom. The highest BCUT2D eigenvalue weighted by atomic mass is 16.5. The summed E-state index contributed by atoms with van der Waals surface area (Å²) in [6.07, 6.45) is 4.89. The third kappa shape index (κ3) is 2.77. The SMILES string of the molecule is CCCc1noc2nc(C3CC3)cc(C(=O)N3CCCC3C(=O)O)c12. The zero-order valence-electron chi connectivity index (χ0n) is 14.2. The average Bonchev–Trinajstić information content (AvgIpc) is 3.19. The third-order valence-corrected chi connectivity index (χ3v) is 5.05. The van der Waals surface area contributed by atoms with Crippen LogP contribution in [-0.2, 0) is 11.2 Å². The van der Waals surface area contributed by atoms with Gasteiger partial charge in [0, 0.05) is 18.2 Å². The Morgan fingerprint density at radius 3 is 2.84 bits per heavy atom. The van der Waals surface area contributed by atoms with Crippen LogP contribution in [0, 0.1) is 0 Å². The summed E-state index contributed by atoms with van der Waals surface area (Å²) in [5, 5.41) is 14.2. The van der Waals surface area contributed by atoms with Gasteiger partial charge >= 0.3 is 5.97 Å². The largest absolute Gasteiger partial charge is 0.480 e. The molecule has 7 nitrogen and oxygen atoms in total. The fourth-order valence-electron chi connectivity index (χ4n) is 3.62. The van der Waals surface area contributed by atoms with E-state index in [1.54, 1.807) is 0 Å². The smallest absolute Gasteiger partial charge is 0.326 e. The van der Waals surface area contributed by atoms with Crippen LogP contribution in [0.4, 0.5) is 0 Å². The van der Waals surface area contributed by atoms with Crippen molar-refractivity contribution in [1.29, 1.82) is 0 Å². The number of carboxylic acids is 1. The highest BCUT2D eigenvalue weighted by Crippen LogP contribution is 2.41. The summed E-state index contributed by atoms with van der Waals surface area (Å²) < 4.78 is 5.40. The van der Waals surface area contributed by atoms with Gasteiger partial charge in [0.05, 0.1) is 16.6 Å². The lowest BCUT2D eigenvalue weighted by atomic mass is 10.0. The molecule has 1 N–H and O–H groups in total. The molecule has 7 heteroatoms. The molecule has 0 aromatic carbocycles. The molecule has 1 saturated carbocycles. The van der Waals surface area contributed by atoms with E-state index in [0.717, 1.165) is 30.7 Å². The number of amides is 1. The second-order valence-corrected chi connectivity index (χ2v) is 6.92. The van der Waals surface area contributed by atoms with Gasteiger partial charge in [-0.05, 0) is 38.2 Å². The predicted molar refractivity (Wildman–Crippen MR) is 89.5 cm³/mol. The first kappa shape index (κ1) is 16.1. The molecule has 25 heavy (non-hydrogen) atoms. The summed E-state index contributed by atoms with van der Waals surface area (Å²) in [6, 6.07) is 1.07. The Balaban J connectivity index is 1.82. The fourth-order valence-corrected chi connectivity index (χ4v) is 3.62. The van der Waals surface area contributed by atoms with E-state index >= 15 is 0 Å². The summed E-state index contributed by atoms with van der Waals surface area (Å²) >= 11 is 0. The Morgan fingerprint density at radius 2 is 2.16 bits per heavy atom. The second kappa shape index (κ2) is 6.13. The fraction of sp³-hybridized carbons (Fsp3) is 0.556. The minimum Gasteiger partial charge on any atom is -0.480 e. The molecule has 132 valence electrons. The lowest BCUT2D eigenvalue weighted by Crippen LogP contribution is -2.40. The Bertz CT molecular complexity index is 840. The highest BCUT2D eigenvalue weighted by molar-refractivity contribution is 6.07. The van der Waals surface area contributed by atoms with Crippen molar-refractivity contribution in [2.45, 2.75) is 57.4 Å². The van der Waals surface area contributed by atoms with Crippen LogP contribution in [0.25, 0.3) is 11.1 Å². The van der Waals surface area contributed by atoms with Crippen molar-refractivity contribution in [2.75, 3.05) is 6.54 Å². The number of carbonyl (C=O) groups excluding carboxylic acids is 1. The maximum Gasteiger partial charge on any atom is 0.326 e. The molecule has 1 atom stereocenters. The molecular formula is C18H21N3O4.